The summed E-state index contributed by atoms with van der Waals surface area (Å²) < 4.78 is 10.4. The molecule has 0 spiro atoms. The van der Waals surface area contributed by atoms with E-state index in [1.807, 2.05) is 6.92 Å². The molecule has 1 aromatic rings. The Labute approximate surface area is 155 Å². The normalized spacial score (nSPS) is 11.9. The van der Waals surface area contributed by atoms with Crippen LogP contribution in [0.4, 0.5) is 5.69 Å². The number of hydrogen-bond acceptors (Lipinski definition) is 5. The number of rotatable bonds is 11. The molecule has 0 fully saturated rings. The maximum Gasteiger partial charge on any atom is 0.335 e. The number of hydrogen-bond donors (Lipinski definition) is 1. The first-order valence-electron chi connectivity index (χ1n) is 9.04. The Morgan fingerprint density at radius 1 is 1.08 bits per heavy atom. The van der Waals surface area contributed by atoms with E-state index in [9.17, 15) is 14.4 Å². The van der Waals surface area contributed by atoms with Crippen molar-refractivity contribution in [3.05, 3.63) is 29.8 Å². The molecule has 0 saturated carbocycles. The van der Waals surface area contributed by atoms with E-state index in [4.69, 9.17) is 9.47 Å². The highest BCUT2D eigenvalue weighted by molar-refractivity contribution is 5.99. The second-order valence-electron chi connectivity index (χ2n) is 6.60. The molecule has 0 aromatic heterocycles. The number of Topliss-reactive ketones (excluding diaryl/α,β-unsaturated/α-hetero) is 1. The van der Waals surface area contributed by atoms with Crippen LogP contribution in [-0.4, -0.2) is 37.0 Å². The number of carbonyl (C=O) groups is 3. The molecule has 0 radical (unpaired) electrons. The van der Waals surface area contributed by atoms with Crippen LogP contribution in [0.5, 0.6) is 0 Å². The molecule has 0 aliphatic carbocycles. The van der Waals surface area contributed by atoms with E-state index in [0.717, 1.165) is 12.8 Å². The van der Waals surface area contributed by atoms with Crippen molar-refractivity contribution in [1.82, 2.24) is 0 Å². The van der Waals surface area contributed by atoms with Crippen molar-refractivity contribution in [2.45, 2.75) is 53.1 Å². The van der Waals surface area contributed by atoms with Gasteiger partial charge < -0.3 is 14.8 Å². The van der Waals surface area contributed by atoms with Crippen LogP contribution < -0.4 is 5.32 Å². The fraction of sp³-hybridized carbons (Fsp3) is 0.550. The number of esters is 1. The second-order valence-corrected chi connectivity index (χ2v) is 6.60. The molecule has 1 unspecified atom stereocenters. The van der Waals surface area contributed by atoms with Crippen molar-refractivity contribution in [3.63, 3.8) is 0 Å². The van der Waals surface area contributed by atoms with E-state index in [0.29, 0.717) is 30.2 Å². The maximum atomic E-state index is 12.1. The lowest BCUT2D eigenvalue weighted by Crippen LogP contribution is -2.26. The van der Waals surface area contributed by atoms with Gasteiger partial charge in [0.2, 0.25) is 5.91 Å². The van der Waals surface area contributed by atoms with Crippen LogP contribution in [0.1, 0.15) is 57.3 Å². The van der Waals surface area contributed by atoms with Gasteiger partial charge in [-0.1, -0.05) is 20.8 Å². The topological polar surface area (TPSA) is 81.7 Å². The highest BCUT2D eigenvalue weighted by Gasteiger charge is 2.17. The van der Waals surface area contributed by atoms with Crippen molar-refractivity contribution in [3.8, 4) is 0 Å². The van der Waals surface area contributed by atoms with Crippen LogP contribution in [0.15, 0.2) is 24.3 Å². The minimum absolute atomic E-state index is 0.0630. The van der Waals surface area contributed by atoms with Gasteiger partial charge in [-0.25, -0.2) is 4.79 Å². The lowest BCUT2D eigenvalue weighted by Gasteiger charge is -2.13. The number of benzene rings is 1. The summed E-state index contributed by atoms with van der Waals surface area (Å²) in [5, 5.41) is 2.75. The number of carbonyl (C=O) groups excluding carboxylic acids is 3. The summed E-state index contributed by atoms with van der Waals surface area (Å²) in [6, 6.07) is 6.50. The number of amides is 1. The number of nitrogens with one attached hydrogen (secondary N) is 1. The van der Waals surface area contributed by atoms with Gasteiger partial charge in [0.05, 0.1) is 0 Å². The van der Waals surface area contributed by atoms with E-state index >= 15 is 0 Å². The Kier molecular flexibility index (Phi) is 9.58. The summed E-state index contributed by atoms with van der Waals surface area (Å²) in [7, 11) is 0. The number of ether oxygens (including phenoxy) is 2. The van der Waals surface area contributed by atoms with E-state index in [-0.39, 0.29) is 18.3 Å². The molecule has 0 heterocycles. The average molecular weight is 363 g/mol. The Morgan fingerprint density at radius 3 is 2.31 bits per heavy atom. The van der Waals surface area contributed by atoms with Gasteiger partial charge in [0.25, 0.3) is 0 Å². The maximum absolute atomic E-state index is 12.1. The summed E-state index contributed by atoms with van der Waals surface area (Å²) in [5.41, 5.74) is 1.05. The first kappa shape index (κ1) is 21.8. The molecule has 1 rings (SSSR count). The van der Waals surface area contributed by atoms with Crippen LogP contribution in [0.25, 0.3) is 0 Å². The van der Waals surface area contributed by atoms with Crippen molar-refractivity contribution in [1.29, 1.82) is 0 Å². The molecule has 1 aromatic carbocycles. The Morgan fingerprint density at radius 2 is 1.73 bits per heavy atom. The Hall–Kier alpha value is -2.21. The molecular weight excluding hydrogens is 334 g/mol. The van der Waals surface area contributed by atoms with Gasteiger partial charge in [-0.2, -0.15) is 0 Å². The smallest absolute Gasteiger partial charge is 0.335 e. The zero-order valence-electron chi connectivity index (χ0n) is 16.0. The fourth-order valence-corrected chi connectivity index (χ4v) is 2.08. The molecule has 1 amide bonds. The highest BCUT2D eigenvalue weighted by atomic mass is 16.6. The van der Waals surface area contributed by atoms with E-state index < -0.39 is 12.1 Å². The molecule has 144 valence electrons. The first-order chi connectivity index (χ1) is 12.3. The second kappa shape index (κ2) is 11.4. The van der Waals surface area contributed by atoms with Crippen molar-refractivity contribution >= 4 is 23.3 Å². The minimum Gasteiger partial charge on any atom is -0.455 e. The zero-order valence-corrected chi connectivity index (χ0v) is 16.0. The van der Waals surface area contributed by atoms with Gasteiger partial charge in [0, 0.05) is 24.3 Å². The van der Waals surface area contributed by atoms with Gasteiger partial charge in [-0.05, 0) is 49.9 Å². The zero-order chi connectivity index (χ0) is 19.5. The molecule has 0 saturated heterocycles. The fourth-order valence-electron chi connectivity index (χ4n) is 2.08. The number of anilines is 1. The van der Waals surface area contributed by atoms with Gasteiger partial charge in [0.15, 0.2) is 18.5 Å². The largest absolute Gasteiger partial charge is 0.455 e. The predicted octanol–water partition coefficient (Wildman–Crippen LogP) is 3.60. The van der Waals surface area contributed by atoms with Crippen LogP contribution in [0.3, 0.4) is 0 Å². The minimum atomic E-state index is -0.697. The lowest BCUT2D eigenvalue weighted by atomic mass is 10.1. The van der Waals surface area contributed by atoms with Crippen LogP contribution in [0, 0.1) is 5.92 Å². The van der Waals surface area contributed by atoms with E-state index in [1.165, 1.54) is 0 Å². The molecule has 0 aliphatic rings. The summed E-state index contributed by atoms with van der Waals surface area (Å²) in [4.78, 5) is 35.5. The predicted molar refractivity (Wildman–Crippen MR) is 100 cm³/mol. The van der Waals surface area contributed by atoms with E-state index in [2.05, 4.69) is 19.2 Å². The highest BCUT2D eigenvalue weighted by Crippen LogP contribution is 2.11. The molecule has 1 N–H and O–H groups in total. The number of ketones is 1. The van der Waals surface area contributed by atoms with E-state index in [1.54, 1.807) is 31.2 Å². The van der Waals surface area contributed by atoms with Gasteiger partial charge >= 0.3 is 5.97 Å². The van der Waals surface area contributed by atoms with Crippen LogP contribution in [-0.2, 0) is 19.1 Å². The van der Waals surface area contributed by atoms with Crippen molar-refractivity contribution in [2.75, 3.05) is 18.5 Å². The third-order valence-electron chi connectivity index (χ3n) is 3.71. The van der Waals surface area contributed by atoms with Crippen LogP contribution in [0.2, 0.25) is 0 Å². The molecule has 1 atom stereocenters. The third-order valence-corrected chi connectivity index (χ3v) is 3.71. The van der Waals surface area contributed by atoms with Crippen LogP contribution >= 0.6 is 0 Å². The quantitative estimate of drug-likeness (QED) is 0.480. The monoisotopic (exact) mass is 363 g/mol. The third kappa shape index (κ3) is 8.25. The standard InChI is InChI=1S/C20H29NO5/c1-5-6-19(23)21-17-9-7-16(8-10-17)18(22)13-26-20(24)15(4)25-12-11-14(2)3/h7-10,14-15H,5-6,11-13H2,1-4H3,(H,21,23). The van der Waals surface area contributed by atoms with Crippen molar-refractivity contribution in [2.24, 2.45) is 5.92 Å². The summed E-state index contributed by atoms with van der Waals surface area (Å²) in [6.45, 7) is 7.84. The Balaban J connectivity index is 2.42. The molecular formula is C20H29NO5. The molecule has 0 aliphatic heterocycles. The van der Waals surface area contributed by atoms with Crippen molar-refractivity contribution < 1.29 is 23.9 Å². The van der Waals surface area contributed by atoms with Gasteiger partial charge in [0.1, 0.15) is 0 Å². The summed E-state index contributed by atoms with van der Waals surface area (Å²) in [5.74, 6) is -0.425. The average Bonchev–Trinajstić information content (AvgIpc) is 2.59. The summed E-state index contributed by atoms with van der Waals surface area (Å²) in [6.07, 6.45) is 1.39. The molecule has 6 nitrogen and oxygen atoms in total. The lowest BCUT2D eigenvalue weighted by molar-refractivity contribution is -0.155. The SMILES string of the molecule is CCCC(=O)Nc1ccc(C(=O)COC(=O)C(C)OCCC(C)C)cc1. The molecule has 6 heteroatoms. The van der Waals surface area contributed by atoms with Gasteiger partial charge in [-0.15, -0.1) is 0 Å². The molecule has 26 heavy (non-hydrogen) atoms. The summed E-state index contributed by atoms with van der Waals surface area (Å²) >= 11 is 0. The molecule has 0 bridgehead atoms. The van der Waals surface area contributed by atoms with Gasteiger partial charge in [-0.3, -0.25) is 9.59 Å². The Bertz CT molecular complexity index is 595. The first-order valence-corrected chi connectivity index (χ1v) is 9.04.